The van der Waals surface area contributed by atoms with Crippen LogP contribution in [0.4, 0.5) is 5.95 Å². The first-order valence-electron chi connectivity index (χ1n) is 4.01. The zero-order valence-electron chi connectivity index (χ0n) is 7.29. The molecule has 0 radical (unpaired) electrons. The molecule has 0 fully saturated rings. The molecule has 12 heavy (non-hydrogen) atoms. The Balaban J connectivity index is 2.85. The Morgan fingerprint density at radius 2 is 2.08 bits per heavy atom. The molecule has 1 rings (SSSR count). The van der Waals surface area contributed by atoms with E-state index in [0.717, 1.165) is 13.1 Å². The normalized spacial score (nSPS) is 9.92. The average Bonchev–Trinajstić information content (AvgIpc) is 2.07. The highest BCUT2D eigenvalue weighted by Crippen LogP contribution is 2.09. The largest absolute Gasteiger partial charge is 0.341 e. The van der Waals surface area contributed by atoms with E-state index in [9.17, 15) is 0 Å². The van der Waals surface area contributed by atoms with E-state index in [1.807, 2.05) is 4.90 Å². The van der Waals surface area contributed by atoms with Crippen LogP contribution < -0.4 is 4.90 Å². The van der Waals surface area contributed by atoms with Crippen molar-refractivity contribution in [3.8, 4) is 0 Å². The first-order valence-corrected chi connectivity index (χ1v) is 4.39. The van der Waals surface area contributed by atoms with Gasteiger partial charge in [-0.15, -0.1) is 0 Å². The summed E-state index contributed by atoms with van der Waals surface area (Å²) in [6.07, 6.45) is 1.67. The second-order valence-corrected chi connectivity index (χ2v) is 2.74. The molecule has 4 heteroatoms. The maximum atomic E-state index is 5.73. The molecule has 0 atom stereocenters. The van der Waals surface area contributed by atoms with Gasteiger partial charge in [-0.2, -0.15) is 0 Å². The highest BCUT2D eigenvalue weighted by molar-refractivity contribution is 6.29. The molecule has 0 saturated carbocycles. The Bertz CT molecular complexity index is 248. The highest BCUT2D eigenvalue weighted by Gasteiger charge is 2.03. The van der Waals surface area contributed by atoms with Crippen LogP contribution in [0.2, 0.25) is 5.15 Å². The van der Waals surface area contributed by atoms with Crippen LogP contribution in [0.3, 0.4) is 0 Å². The van der Waals surface area contributed by atoms with Crippen molar-refractivity contribution in [3.63, 3.8) is 0 Å². The quantitative estimate of drug-likeness (QED) is 0.675. The minimum Gasteiger partial charge on any atom is -0.341 e. The van der Waals surface area contributed by atoms with E-state index in [2.05, 4.69) is 23.8 Å². The Kier molecular flexibility index (Phi) is 3.29. The molecule has 1 aromatic rings. The SMILES string of the molecule is CCN(CC)c1nccc(Cl)n1. The predicted octanol–water partition coefficient (Wildman–Crippen LogP) is 1.98. The molecular formula is C8H12ClN3. The number of hydrogen-bond donors (Lipinski definition) is 0. The van der Waals surface area contributed by atoms with Crippen molar-refractivity contribution in [1.29, 1.82) is 0 Å². The maximum Gasteiger partial charge on any atom is 0.226 e. The van der Waals surface area contributed by atoms with Crippen molar-refractivity contribution in [2.45, 2.75) is 13.8 Å². The third-order valence-corrected chi connectivity index (χ3v) is 1.87. The Labute approximate surface area is 77.4 Å². The predicted molar refractivity (Wildman–Crippen MR) is 50.6 cm³/mol. The number of nitrogens with zero attached hydrogens (tertiary/aromatic N) is 3. The summed E-state index contributed by atoms with van der Waals surface area (Å²) < 4.78 is 0. The van der Waals surface area contributed by atoms with Gasteiger partial charge in [-0.1, -0.05) is 11.6 Å². The fraction of sp³-hybridized carbons (Fsp3) is 0.500. The van der Waals surface area contributed by atoms with E-state index in [1.54, 1.807) is 12.3 Å². The topological polar surface area (TPSA) is 29.0 Å². The van der Waals surface area contributed by atoms with Crippen LogP contribution in [0, 0.1) is 0 Å². The van der Waals surface area contributed by atoms with Crippen molar-refractivity contribution in [3.05, 3.63) is 17.4 Å². The lowest BCUT2D eigenvalue weighted by atomic mass is 10.5. The van der Waals surface area contributed by atoms with Crippen LogP contribution in [0.1, 0.15) is 13.8 Å². The Morgan fingerprint density at radius 1 is 1.42 bits per heavy atom. The molecule has 0 aliphatic carbocycles. The lowest BCUT2D eigenvalue weighted by Gasteiger charge is -2.17. The summed E-state index contributed by atoms with van der Waals surface area (Å²) in [5, 5.41) is 0.493. The molecule has 0 N–H and O–H groups in total. The van der Waals surface area contributed by atoms with Crippen molar-refractivity contribution in [1.82, 2.24) is 9.97 Å². The number of anilines is 1. The molecular weight excluding hydrogens is 174 g/mol. The smallest absolute Gasteiger partial charge is 0.226 e. The number of hydrogen-bond acceptors (Lipinski definition) is 3. The second-order valence-electron chi connectivity index (χ2n) is 2.35. The van der Waals surface area contributed by atoms with E-state index >= 15 is 0 Å². The third-order valence-electron chi connectivity index (χ3n) is 1.66. The van der Waals surface area contributed by atoms with E-state index in [-0.39, 0.29) is 0 Å². The van der Waals surface area contributed by atoms with E-state index < -0.39 is 0 Å². The molecule has 66 valence electrons. The average molecular weight is 186 g/mol. The van der Waals surface area contributed by atoms with Crippen LogP contribution in [0.15, 0.2) is 12.3 Å². The van der Waals surface area contributed by atoms with Gasteiger partial charge in [0.1, 0.15) is 5.15 Å². The van der Waals surface area contributed by atoms with Gasteiger partial charge >= 0.3 is 0 Å². The van der Waals surface area contributed by atoms with Gasteiger partial charge in [-0.3, -0.25) is 0 Å². The maximum absolute atomic E-state index is 5.73. The highest BCUT2D eigenvalue weighted by atomic mass is 35.5. The molecule has 1 heterocycles. The van der Waals surface area contributed by atoms with Gasteiger partial charge in [-0.05, 0) is 19.9 Å². The summed E-state index contributed by atoms with van der Waals surface area (Å²) in [6, 6.07) is 1.68. The summed E-state index contributed by atoms with van der Waals surface area (Å²) in [5.41, 5.74) is 0. The monoisotopic (exact) mass is 185 g/mol. The van der Waals surface area contributed by atoms with E-state index in [1.165, 1.54) is 0 Å². The summed E-state index contributed by atoms with van der Waals surface area (Å²) in [5.74, 6) is 0.701. The van der Waals surface area contributed by atoms with Crippen LogP contribution in [0.25, 0.3) is 0 Å². The molecule has 0 unspecified atom stereocenters. The summed E-state index contributed by atoms with van der Waals surface area (Å²) in [7, 11) is 0. The Hall–Kier alpha value is -0.830. The van der Waals surface area contributed by atoms with Gasteiger partial charge in [0.15, 0.2) is 0 Å². The molecule has 1 aromatic heterocycles. The van der Waals surface area contributed by atoms with Crippen molar-refractivity contribution in [2.24, 2.45) is 0 Å². The zero-order valence-corrected chi connectivity index (χ0v) is 8.04. The van der Waals surface area contributed by atoms with Gasteiger partial charge in [0, 0.05) is 19.3 Å². The second kappa shape index (κ2) is 4.26. The van der Waals surface area contributed by atoms with Crippen LogP contribution in [0.5, 0.6) is 0 Å². The minimum absolute atomic E-state index is 0.493. The zero-order chi connectivity index (χ0) is 8.97. The third kappa shape index (κ3) is 2.08. The number of halogens is 1. The summed E-state index contributed by atoms with van der Waals surface area (Å²) in [6.45, 7) is 5.93. The lowest BCUT2D eigenvalue weighted by molar-refractivity contribution is 0.821. The molecule has 0 bridgehead atoms. The van der Waals surface area contributed by atoms with Gasteiger partial charge in [-0.25, -0.2) is 9.97 Å². The van der Waals surface area contributed by atoms with Crippen LogP contribution >= 0.6 is 11.6 Å². The molecule has 0 spiro atoms. The molecule has 0 aliphatic rings. The van der Waals surface area contributed by atoms with Crippen molar-refractivity contribution >= 4 is 17.5 Å². The summed E-state index contributed by atoms with van der Waals surface area (Å²) in [4.78, 5) is 10.3. The first kappa shape index (κ1) is 9.26. The molecule has 0 amide bonds. The van der Waals surface area contributed by atoms with Crippen molar-refractivity contribution in [2.75, 3.05) is 18.0 Å². The fourth-order valence-corrected chi connectivity index (χ4v) is 1.12. The molecule has 0 aliphatic heterocycles. The van der Waals surface area contributed by atoms with Gasteiger partial charge < -0.3 is 4.90 Å². The fourth-order valence-electron chi connectivity index (χ4n) is 0.986. The van der Waals surface area contributed by atoms with Crippen LogP contribution in [-0.4, -0.2) is 23.1 Å². The number of aromatic nitrogens is 2. The standard InChI is InChI=1S/C8H12ClN3/c1-3-12(4-2)8-10-6-5-7(9)11-8/h5-6H,3-4H2,1-2H3. The lowest BCUT2D eigenvalue weighted by Crippen LogP contribution is -2.23. The van der Waals surface area contributed by atoms with Gasteiger partial charge in [0.25, 0.3) is 0 Å². The minimum atomic E-state index is 0.493. The molecule has 0 saturated heterocycles. The first-order chi connectivity index (χ1) is 5.77. The Morgan fingerprint density at radius 3 is 2.58 bits per heavy atom. The van der Waals surface area contributed by atoms with Gasteiger partial charge in [0.2, 0.25) is 5.95 Å². The van der Waals surface area contributed by atoms with E-state index in [0.29, 0.717) is 11.1 Å². The number of rotatable bonds is 3. The molecule has 3 nitrogen and oxygen atoms in total. The molecule has 0 aromatic carbocycles. The van der Waals surface area contributed by atoms with Crippen molar-refractivity contribution < 1.29 is 0 Å². The summed E-state index contributed by atoms with van der Waals surface area (Å²) >= 11 is 5.73. The van der Waals surface area contributed by atoms with E-state index in [4.69, 9.17) is 11.6 Å². The van der Waals surface area contributed by atoms with Crippen LogP contribution in [-0.2, 0) is 0 Å². The van der Waals surface area contributed by atoms with Gasteiger partial charge in [0.05, 0.1) is 0 Å².